The second-order valence-electron chi connectivity index (χ2n) is 6.27. The summed E-state index contributed by atoms with van der Waals surface area (Å²) in [5.41, 5.74) is 2.18. The zero-order chi connectivity index (χ0) is 17.5. The van der Waals surface area contributed by atoms with Crippen LogP contribution in [0.1, 0.15) is 17.5 Å². The molecule has 0 N–H and O–H groups in total. The van der Waals surface area contributed by atoms with Crippen LogP contribution in [0.5, 0.6) is 0 Å². The second-order valence-corrected chi connectivity index (χ2v) is 6.70. The first-order chi connectivity index (χ1) is 11.4. The summed E-state index contributed by atoms with van der Waals surface area (Å²) in [6.07, 6.45) is 4.98. The van der Waals surface area contributed by atoms with E-state index in [4.69, 9.17) is 11.6 Å². The lowest BCUT2D eigenvalue weighted by atomic mass is 10.1. The van der Waals surface area contributed by atoms with Crippen molar-refractivity contribution in [3.05, 3.63) is 52.8 Å². The molecule has 1 amide bonds. The van der Waals surface area contributed by atoms with Crippen LogP contribution < -0.4 is 0 Å². The monoisotopic (exact) mass is 348 g/mol. The zero-order valence-electron chi connectivity index (χ0n) is 14.6. The van der Waals surface area contributed by atoms with Crippen LogP contribution >= 0.6 is 11.6 Å². The molecule has 0 unspecified atom stereocenters. The quantitative estimate of drug-likeness (QED) is 0.736. The minimum atomic E-state index is 0.163. The SMILES string of the molecule is CN(C)CCN(Cc1ccc(Cl)cc1)C(=O)CCc1cnn(C)c1. The van der Waals surface area contributed by atoms with Crippen molar-refractivity contribution in [1.82, 2.24) is 19.6 Å². The molecule has 0 atom stereocenters. The van der Waals surface area contributed by atoms with Gasteiger partial charge in [0, 0.05) is 44.3 Å². The van der Waals surface area contributed by atoms with E-state index in [-0.39, 0.29) is 5.91 Å². The lowest BCUT2D eigenvalue weighted by Gasteiger charge is -2.24. The normalized spacial score (nSPS) is 11.0. The Morgan fingerprint density at radius 2 is 1.88 bits per heavy atom. The van der Waals surface area contributed by atoms with E-state index in [0.29, 0.717) is 31.0 Å². The van der Waals surface area contributed by atoms with E-state index in [0.717, 1.165) is 17.7 Å². The molecular weight excluding hydrogens is 324 g/mol. The summed E-state index contributed by atoms with van der Waals surface area (Å²) in [6, 6.07) is 7.67. The maximum absolute atomic E-state index is 12.7. The van der Waals surface area contributed by atoms with E-state index in [9.17, 15) is 4.79 Å². The molecule has 0 bridgehead atoms. The number of carbonyl (C=O) groups excluding carboxylic acids is 1. The van der Waals surface area contributed by atoms with Crippen LogP contribution in [-0.4, -0.2) is 52.7 Å². The van der Waals surface area contributed by atoms with Gasteiger partial charge >= 0.3 is 0 Å². The molecule has 0 aliphatic heterocycles. The minimum Gasteiger partial charge on any atom is -0.337 e. The van der Waals surface area contributed by atoms with Gasteiger partial charge in [0.05, 0.1) is 6.20 Å². The topological polar surface area (TPSA) is 41.4 Å². The molecule has 0 saturated heterocycles. The van der Waals surface area contributed by atoms with Gasteiger partial charge < -0.3 is 9.80 Å². The predicted molar refractivity (Wildman–Crippen MR) is 97.0 cm³/mol. The molecule has 6 heteroatoms. The van der Waals surface area contributed by atoms with E-state index in [1.165, 1.54) is 0 Å². The number of aromatic nitrogens is 2. The molecule has 0 aliphatic carbocycles. The molecule has 0 spiro atoms. The molecular formula is C18H25ClN4O. The Hall–Kier alpha value is -1.85. The molecule has 2 rings (SSSR count). The summed E-state index contributed by atoms with van der Waals surface area (Å²) in [5.74, 6) is 0.163. The fourth-order valence-corrected chi connectivity index (χ4v) is 2.56. The largest absolute Gasteiger partial charge is 0.337 e. The van der Waals surface area contributed by atoms with Crippen molar-refractivity contribution < 1.29 is 4.79 Å². The highest BCUT2D eigenvalue weighted by Crippen LogP contribution is 2.13. The van der Waals surface area contributed by atoms with Gasteiger partial charge in [0.1, 0.15) is 0 Å². The maximum atomic E-state index is 12.7. The van der Waals surface area contributed by atoms with Gasteiger partial charge in [-0.05, 0) is 43.8 Å². The van der Waals surface area contributed by atoms with Gasteiger partial charge in [-0.1, -0.05) is 23.7 Å². The first-order valence-electron chi connectivity index (χ1n) is 8.08. The third kappa shape index (κ3) is 5.98. The van der Waals surface area contributed by atoms with Gasteiger partial charge in [-0.3, -0.25) is 9.48 Å². The van der Waals surface area contributed by atoms with E-state index in [2.05, 4.69) is 10.00 Å². The smallest absolute Gasteiger partial charge is 0.223 e. The Labute approximate surface area is 148 Å². The molecule has 0 aliphatic rings. The number of rotatable bonds is 8. The first-order valence-corrected chi connectivity index (χ1v) is 8.46. The zero-order valence-corrected chi connectivity index (χ0v) is 15.3. The highest BCUT2D eigenvalue weighted by molar-refractivity contribution is 6.30. The van der Waals surface area contributed by atoms with Crippen LogP contribution in [0.2, 0.25) is 5.02 Å². The summed E-state index contributed by atoms with van der Waals surface area (Å²) in [7, 11) is 5.91. The van der Waals surface area contributed by atoms with Crippen molar-refractivity contribution in [2.24, 2.45) is 7.05 Å². The van der Waals surface area contributed by atoms with Crippen LogP contribution in [0.25, 0.3) is 0 Å². The van der Waals surface area contributed by atoms with Crippen molar-refractivity contribution in [2.45, 2.75) is 19.4 Å². The Morgan fingerprint density at radius 1 is 1.17 bits per heavy atom. The highest BCUT2D eigenvalue weighted by atomic mass is 35.5. The molecule has 24 heavy (non-hydrogen) atoms. The third-order valence-electron chi connectivity index (χ3n) is 3.84. The number of hydrogen-bond donors (Lipinski definition) is 0. The average Bonchev–Trinajstić information content (AvgIpc) is 2.96. The van der Waals surface area contributed by atoms with Gasteiger partial charge in [-0.15, -0.1) is 0 Å². The number of hydrogen-bond acceptors (Lipinski definition) is 3. The number of halogens is 1. The van der Waals surface area contributed by atoms with E-state index in [1.807, 2.05) is 62.7 Å². The number of aryl methyl sites for hydroxylation is 2. The lowest BCUT2D eigenvalue weighted by Crippen LogP contribution is -2.36. The summed E-state index contributed by atoms with van der Waals surface area (Å²) >= 11 is 5.94. The van der Waals surface area contributed by atoms with E-state index >= 15 is 0 Å². The van der Waals surface area contributed by atoms with Gasteiger partial charge in [0.15, 0.2) is 0 Å². The van der Waals surface area contributed by atoms with Crippen LogP contribution in [0.3, 0.4) is 0 Å². The Balaban J connectivity index is 1.97. The molecule has 2 aromatic rings. The minimum absolute atomic E-state index is 0.163. The fourth-order valence-electron chi connectivity index (χ4n) is 2.43. The number of nitrogens with zero attached hydrogens (tertiary/aromatic N) is 4. The second kappa shape index (κ2) is 8.85. The molecule has 5 nitrogen and oxygen atoms in total. The van der Waals surface area contributed by atoms with Crippen molar-refractivity contribution in [1.29, 1.82) is 0 Å². The third-order valence-corrected chi connectivity index (χ3v) is 4.09. The van der Waals surface area contributed by atoms with Crippen LogP contribution in [0, 0.1) is 0 Å². The number of carbonyl (C=O) groups is 1. The van der Waals surface area contributed by atoms with E-state index < -0.39 is 0 Å². The summed E-state index contributed by atoms with van der Waals surface area (Å²) < 4.78 is 1.76. The average molecular weight is 349 g/mol. The molecule has 1 aromatic heterocycles. The Morgan fingerprint density at radius 3 is 2.46 bits per heavy atom. The molecule has 0 fully saturated rings. The molecule has 130 valence electrons. The van der Waals surface area contributed by atoms with Crippen LogP contribution in [-0.2, 0) is 24.8 Å². The molecule has 1 aromatic carbocycles. The van der Waals surface area contributed by atoms with Crippen LogP contribution in [0.15, 0.2) is 36.7 Å². The van der Waals surface area contributed by atoms with Crippen molar-refractivity contribution in [2.75, 3.05) is 27.2 Å². The molecule has 0 radical (unpaired) electrons. The Kier molecular flexibility index (Phi) is 6.82. The Bertz CT molecular complexity index is 651. The van der Waals surface area contributed by atoms with Gasteiger partial charge in [-0.2, -0.15) is 5.10 Å². The van der Waals surface area contributed by atoms with Crippen molar-refractivity contribution in [3.63, 3.8) is 0 Å². The molecule has 1 heterocycles. The first kappa shape index (κ1) is 18.5. The number of benzene rings is 1. The van der Waals surface area contributed by atoms with Crippen molar-refractivity contribution in [3.8, 4) is 0 Å². The van der Waals surface area contributed by atoms with Gasteiger partial charge in [0.25, 0.3) is 0 Å². The van der Waals surface area contributed by atoms with Crippen LogP contribution in [0.4, 0.5) is 0 Å². The lowest BCUT2D eigenvalue weighted by molar-refractivity contribution is -0.131. The summed E-state index contributed by atoms with van der Waals surface area (Å²) in [4.78, 5) is 16.7. The van der Waals surface area contributed by atoms with Gasteiger partial charge in [0.2, 0.25) is 5.91 Å². The summed E-state index contributed by atoms with van der Waals surface area (Å²) in [5, 5.41) is 4.86. The molecule has 0 saturated carbocycles. The van der Waals surface area contributed by atoms with Crippen molar-refractivity contribution >= 4 is 17.5 Å². The summed E-state index contributed by atoms with van der Waals surface area (Å²) in [6.45, 7) is 2.16. The van der Waals surface area contributed by atoms with Gasteiger partial charge in [-0.25, -0.2) is 0 Å². The fraction of sp³-hybridized carbons (Fsp3) is 0.444. The number of amides is 1. The maximum Gasteiger partial charge on any atom is 0.223 e. The predicted octanol–water partition coefficient (Wildman–Crippen LogP) is 2.60. The van der Waals surface area contributed by atoms with E-state index in [1.54, 1.807) is 4.68 Å². The standard InChI is InChI=1S/C18H25ClN4O/c1-21(2)10-11-23(14-15-4-7-17(19)8-5-15)18(24)9-6-16-12-20-22(3)13-16/h4-5,7-8,12-13H,6,9-11,14H2,1-3H3. The number of likely N-dealkylation sites (N-methyl/N-ethyl adjacent to an activating group) is 1. The highest BCUT2D eigenvalue weighted by Gasteiger charge is 2.14.